The van der Waals surface area contributed by atoms with E-state index in [2.05, 4.69) is 11.8 Å². The molecule has 2 aliphatic rings. The zero-order valence-corrected chi connectivity index (χ0v) is 10.4. The van der Waals surface area contributed by atoms with Gasteiger partial charge in [-0.2, -0.15) is 0 Å². The number of methoxy groups -OCH3 is 1. The minimum atomic E-state index is 0.121. The van der Waals surface area contributed by atoms with E-state index in [-0.39, 0.29) is 11.5 Å². The van der Waals surface area contributed by atoms with Crippen molar-refractivity contribution in [3.05, 3.63) is 0 Å². The molecule has 1 aliphatic carbocycles. The summed E-state index contributed by atoms with van der Waals surface area (Å²) in [6.07, 6.45) is 2.66. The van der Waals surface area contributed by atoms with Crippen molar-refractivity contribution < 1.29 is 9.47 Å². The fraction of sp³-hybridized carbons (Fsp3) is 1.00. The third kappa shape index (κ3) is 2.74. The van der Waals surface area contributed by atoms with Crippen LogP contribution in [-0.4, -0.2) is 57.0 Å². The molecule has 0 aromatic rings. The predicted octanol–water partition coefficient (Wildman–Crippen LogP) is 0.461. The van der Waals surface area contributed by atoms with Gasteiger partial charge in [-0.1, -0.05) is 6.92 Å². The molecule has 1 heterocycles. The Hall–Kier alpha value is -0.160. The summed E-state index contributed by atoms with van der Waals surface area (Å²) in [5.74, 6) is 0. The lowest BCUT2D eigenvalue weighted by atomic mass is 9.85. The van der Waals surface area contributed by atoms with Crippen LogP contribution in [0, 0.1) is 5.41 Å². The van der Waals surface area contributed by atoms with Crippen molar-refractivity contribution in [2.45, 2.75) is 31.8 Å². The van der Waals surface area contributed by atoms with Gasteiger partial charge in [-0.05, 0) is 12.8 Å². The van der Waals surface area contributed by atoms with Crippen molar-refractivity contribution in [3.63, 3.8) is 0 Å². The number of nitrogens with two attached hydrogens (primary N) is 1. The molecule has 2 unspecified atom stereocenters. The monoisotopic (exact) mass is 228 g/mol. The smallest absolute Gasteiger partial charge is 0.0624 e. The number of hydrogen-bond acceptors (Lipinski definition) is 4. The molecular formula is C12H24N2O2. The molecule has 4 heteroatoms. The Bertz CT molecular complexity index is 233. The number of rotatable bonds is 6. The van der Waals surface area contributed by atoms with Gasteiger partial charge in [0.15, 0.2) is 0 Å². The Balaban J connectivity index is 1.88. The third-order valence-corrected chi connectivity index (χ3v) is 3.83. The predicted molar refractivity (Wildman–Crippen MR) is 63.4 cm³/mol. The summed E-state index contributed by atoms with van der Waals surface area (Å²) in [6.45, 7) is 6.62. The SMILES string of the molecule is COCCN(CC1(C)COCC1N)C1CC1. The highest BCUT2D eigenvalue weighted by Gasteiger charge is 2.41. The van der Waals surface area contributed by atoms with E-state index in [0.29, 0.717) is 6.61 Å². The molecule has 0 aromatic heterocycles. The van der Waals surface area contributed by atoms with E-state index in [0.717, 1.165) is 32.3 Å². The second-order valence-corrected chi connectivity index (χ2v) is 5.47. The Morgan fingerprint density at radius 3 is 2.75 bits per heavy atom. The minimum Gasteiger partial charge on any atom is -0.383 e. The van der Waals surface area contributed by atoms with Crippen LogP contribution in [0.5, 0.6) is 0 Å². The first-order chi connectivity index (χ1) is 7.65. The summed E-state index contributed by atoms with van der Waals surface area (Å²) in [6, 6.07) is 0.941. The van der Waals surface area contributed by atoms with Crippen LogP contribution >= 0.6 is 0 Å². The van der Waals surface area contributed by atoms with E-state index < -0.39 is 0 Å². The van der Waals surface area contributed by atoms with Crippen LogP contribution in [0.1, 0.15) is 19.8 Å². The largest absolute Gasteiger partial charge is 0.383 e. The van der Waals surface area contributed by atoms with Crippen LogP contribution in [0.3, 0.4) is 0 Å². The van der Waals surface area contributed by atoms with Gasteiger partial charge < -0.3 is 15.2 Å². The lowest BCUT2D eigenvalue weighted by Crippen LogP contribution is -2.48. The first kappa shape index (κ1) is 12.3. The summed E-state index contributed by atoms with van der Waals surface area (Å²) in [4.78, 5) is 2.53. The van der Waals surface area contributed by atoms with Crippen molar-refractivity contribution in [2.75, 3.05) is 40.0 Å². The molecule has 0 bridgehead atoms. The zero-order chi connectivity index (χ0) is 11.6. The Morgan fingerprint density at radius 1 is 1.50 bits per heavy atom. The molecule has 0 radical (unpaired) electrons. The minimum absolute atomic E-state index is 0.121. The molecule has 94 valence electrons. The maximum Gasteiger partial charge on any atom is 0.0624 e. The zero-order valence-electron chi connectivity index (χ0n) is 10.4. The lowest BCUT2D eigenvalue weighted by Gasteiger charge is -2.34. The van der Waals surface area contributed by atoms with Gasteiger partial charge in [0.05, 0.1) is 19.8 Å². The van der Waals surface area contributed by atoms with Crippen molar-refractivity contribution in [3.8, 4) is 0 Å². The highest BCUT2D eigenvalue weighted by Crippen LogP contribution is 2.33. The van der Waals surface area contributed by atoms with Crippen LogP contribution in [0.4, 0.5) is 0 Å². The maximum atomic E-state index is 6.13. The van der Waals surface area contributed by atoms with Gasteiger partial charge >= 0.3 is 0 Å². The Morgan fingerprint density at radius 2 is 2.25 bits per heavy atom. The number of nitrogens with zero attached hydrogens (tertiary/aromatic N) is 1. The van der Waals surface area contributed by atoms with Crippen LogP contribution in [0.2, 0.25) is 0 Å². The second kappa shape index (κ2) is 5.00. The van der Waals surface area contributed by atoms with Crippen LogP contribution in [-0.2, 0) is 9.47 Å². The highest BCUT2D eigenvalue weighted by atomic mass is 16.5. The number of ether oxygens (including phenoxy) is 2. The Labute approximate surface area is 98.1 Å². The average Bonchev–Trinajstić information content (AvgIpc) is 3.03. The summed E-state index contributed by atoms with van der Waals surface area (Å²) < 4.78 is 10.7. The summed E-state index contributed by atoms with van der Waals surface area (Å²) in [7, 11) is 1.76. The van der Waals surface area contributed by atoms with Crippen LogP contribution in [0.25, 0.3) is 0 Å². The van der Waals surface area contributed by atoms with Crippen LogP contribution < -0.4 is 5.73 Å². The first-order valence-corrected chi connectivity index (χ1v) is 6.22. The molecule has 1 aliphatic heterocycles. The standard InChI is InChI=1S/C12H24N2O2/c1-12(9-16-7-11(12)13)8-14(5-6-15-2)10-3-4-10/h10-11H,3-9,13H2,1-2H3. The quantitative estimate of drug-likeness (QED) is 0.717. The van der Waals surface area contributed by atoms with Crippen molar-refractivity contribution in [2.24, 2.45) is 11.1 Å². The highest BCUT2D eigenvalue weighted by molar-refractivity contribution is 4.95. The molecule has 0 aromatic carbocycles. The van der Waals surface area contributed by atoms with E-state index in [1.807, 2.05) is 0 Å². The van der Waals surface area contributed by atoms with Gasteiger partial charge in [-0.15, -0.1) is 0 Å². The normalized spacial score (nSPS) is 34.9. The van der Waals surface area contributed by atoms with Gasteiger partial charge in [0.25, 0.3) is 0 Å². The molecule has 2 N–H and O–H groups in total. The molecule has 2 fully saturated rings. The molecular weight excluding hydrogens is 204 g/mol. The summed E-state index contributed by atoms with van der Waals surface area (Å²) >= 11 is 0. The van der Waals surface area contributed by atoms with E-state index >= 15 is 0 Å². The molecule has 0 spiro atoms. The van der Waals surface area contributed by atoms with E-state index in [9.17, 15) is 0 Å². The second-order valence-electron chi connectivity index (χ2n) is 5.47. The summed E-state index contributed by atoms with van der Waals surface area (Å²) in [5, 5.41) is 0. The third-order valence-electron chi connectivity index (χ3n) is 3.83. The molecule has 4 nitrogen and oxygen atoms in total. The lowest BCUT2D eigenvalue weighted by molar-refractivity contribution is 0.0894. The van der Waals surface area contributed by atoms with E-state index in [4.69, 9.17) is 15.2 Å². The maximum absolute atomic E-state index is 6.13. The topological polar surface area (TPSA) is 47.7 Å². The fourth-order valence-corrected chi connectivity index (χ4v) is 2.39. The van der Waals surface area contributed by atoms with Gasteiger partial charge in [-0.25, -0.2) is 0 Å². The molecule has 1 saturated carbocycles. The molecule has 2 atom stereocenters. The number of hydrogen-bond donors (Lipinski definition) is 1. The van der Waals surface area contributed by atoms with Gasteiger partial charge in [0.2, 0.25) is 0 Å². The van der Waals surface area contributed by atoms with Gasteiger partial charge in [0, 0.05) is 37.7 Å². The first-order valence-electron chi connectivity index (χ1n) is 6.22. The molecule has 2 rings (SSSR count). The van der Waals surface area contributed by atoms with Crippen molar-refractivity contribution in [1.29, 1.82) is 0 Å². The van der Waals surface area contributed by atoms with Gasteiger partial charge in [0.1, 0.15) is 0 Å². The van der Waals surface area contributed by atoms with Crippen molar-refractivity contribution in [1.82, 2.24) is 4.90 Å². The molecule has 1 saturated heterocycles. The van der Waals surface area contributed by atoms with Crippen molar-refractivity contribution >= 4 is 0 Å². The molecule has 16 heavy (non-hydrogen) atoms. The van der Waals surface area contributed by atoms with E-state index in [1.54, 1.807) is 7.11 Å². The fourth-order valence-electron chi connectivity index (χ4n) is 2.39. The van der Waals surface area contributed by atoms with Gasteiger partial charge in [-0.3, -0.25) is 4.90 Å². The average molecular weight is 228 g/mol. The molecule has 0 amide bonds. The Kier molecular flexibility index (Phi) is 3.85. The summed E-state index contributed by atoms with van der Waals surface area (Å²) in [5.41, 5.74) is 6.25. The van der Waals surface area contributed by atoms with E-state index in [1.165, 1.54) is 12.8 Å². The van der Waals surface area contributed by atoms with Crippen LogP contribution in [0.15, 0.2) is 0 Å².